The minimum Gasteiger partial charge on any atom is -0.402 e. The van der Waals surface area contributed by atoms with Gasteiger partial charge in [0, 0.05) is 10.6 Å². The maximum atomic E-state index is 5.96. The normalized spacial score (nSPS) is 16.9. The highest BCUT2D eigenvalue weighted by Crippen LogP contribution is 2.41. The number of allylic oxidation sites excluding steroid dienone is 4. The van der Waals surface area contributed by atoms with E-state index in [1.54, 1.807) is 0 Å². The van der Waals surface area contributed by atoms with Crippen molar-refractivity contribution in [3.8, 4) is 0 Å². The van der Waals surface area contributed by atoms with Gasteiger partial charge in [-0.05, 0) is 55.7 Å². The first-order valence-electron chi connectivity index (χ1n) is 7.11. The SMILES string of the molecule is CCC1=C(/C(C)=C(/C)N)SC=C(c2cccc(C)c2)C1. The van der Waals surface area contributed by atoms with Gasteiger partial charge in [0.1, 0.15) is 0 Å². The molecule has 0 radical (unpaired) electrons. The standard InChI is InChI=1S/C18H23NS/c1-5-15-10-17(16-8-6-7-12(2)9-16)11-20-18(15)13(3)14(4)19/h6-9,11H,5,10,19H2,1-4H3/b14-13-. The Hall–Kier alpha value is -1.41. The molecule has 0 saturated heterocycles. The van der Waals surface area contributed by atoms with Gasteiger partial charge < -0.3 is 5.73 Å². The summed E-state index contributed by atoms with van der Waals surface area (Å²) in [7, 11) is 0. The number of aryl methyl sites for hydroxylation is 1. The van der Waals surface area contributed by atoms with Crippen molar-refractivity contribution in [1.29, 1.82) is 0 Å². The summed E-state index contributed by atoms with van der Waals surface area (Å²) in [6, 6.07) is 8.75. The van der Waals surface area contributed by atoms with Crippen molar-refractivity contribution in [1.82, 2.24) is 0 Å². The molecule has 20 heavy (non-hydrogen) atoms. The largest absolute Gasteiger partial charge is 0.402 e. The Kier molecular flexibility index (Phi) is 4.77. The minimum absolute atomic E-state index is 0.922. The summed E-state index contributed by atoms with van der Waals surface area (Å²) in [5.74, 6) is 0. The van der Waals surface area contributed by atoms with Crippen LogP contribution in [0.2, 0.25) is 0 Å². The van der Waals surface area contributed by atoms with Crippen molar-refractivity contribution in [2.24, 2.45) is 5.73 Å². The van der Waals surface area contributed by atoms with E-state index in [9.17, 15) is 0 Å². The van der Waals surface area contributed by atoms with Gasteiger partial charge in [0.05, 0.1) is 0 Å². The van der Waals surface area contributed by atoms with Crippen molar-refractivity contribution >= 4 is 17.3 Å². The Morgan fingerprint density at radius 3 is 2.65 bits per heavy atom. The molecular weight excluding hydrogens is 262 g/mol. The fraction of sp³-hybridized carbons (Fsp3) is 0.333. The van der Waals surface area contributed by atoms with Crippen LogP contribution >= 0.6 is 11.8 Å². The number of hydrogen-bond acceptors (Lipinski definition) is 2. The van der Waals surface area contributed by atoms with Gasteiger partial charge in [-0.3, -0.25) is 0 Å². The zero-order chi connectivity index (χ0) is 14.7. The van der Waals surface area contributed by atoms with Gasteiger partial charge in [-0.25, -0.2) is 0 Å². The molecule has 0 spiro atoms. The van der Waals surface area contributed by atoms with Crippen molar-refractivity contribution in [2.45, 2.75) is 40.5 Å². The van der Waals surface area contributed by atoms with E-state index in [4.69, 9.17) is 5.73 Å². The van der Waals surface area contributed by atoms with E-state index in [-0.39, 0.29) is 0 Å². The first-order valence-corrected chi connectivity index (χ1v) is 7.99. The van der Waals surface area contributed by atoms with Gasteiger partial charge >= 0.3 is 0 Å². The molecule has 0 saturated carbocycles. The Morgan fingerprint density at radius 2 is 2.05 bits per heavy atom. The molecule has 0 unspecified atom stereocenters. The zero-order valence-corrected chi connectivity index (χ0v) is 13.6. The maximum absolute atomic E-state index is 5.96. The second-order valence-electron chi connectivity index (χ2n) is 5.40. The first-order chi connectivity index (χ1) is 9.52. The first kappa shape index (κ1) is 15.0. The summed E-state index contributed by atoms with van der Waals surface area (Å²) < 4.78 is 0. The molecule has 2 rings (SSSR count). The van der Waals surface area contributed by atoms with Crippen molar-refractivity contribution < 1.29 is 0 Å². The van der Waals surface area contributed by atoms with Crippen LogP contribution in [0, 0.1) is 6.92 Å². The van der Waals surface area contributed by atoms with Crippen LogP contribution in [0.3, 0.4) is 0 Å². The number of thioether (sulfide) groups is 1. The molecule has 106 valence electrons. The van der Waals surface area contributed by atoms with E-state index in [2.05, 4.69) is 50.4 Å². The van der Waals surface area contributed by atoms with E-state index in [0.29, 0.717) is 0 Å². The molecule has 1 nitrogen and oxygen atoms in total. The predicted molar refractivity (Wildman–Crippen MR) is 91.2 cm³/mol. The van der Waals surface area contributed by atoms with E-state index in [1.807, 2.05) is 18.7 Å². The van der Waals surface area contributed by atoms with Crippen LogP contribution in [0.5, 0.6) is 0 Å². The molecule has 1 heterocycles. The fourth-order valence-corrected chi connectivity index (χ4v) is 3.60. The van der Waals surface area contributed by atoms with Gasteiger partial charge in [0.25, 0.3) is 0 Å². The Balaban J connectivity index is 2.32. The van der Waals surface area contributed by atoms with Gasteiger partial charge in [-0.1, -0.05) is 54.1 Å². The minimum atomic E-state index is 0.922. The second-order valence-corrected chi connectivity index (χ2v) is 6.28. The predicted octanol–water partition coefficient (Wildman–Crippen LogP) is 5.39. The quantitative estimate of drug-likeness (QED) is 0.805. The number of hydrogen-bond donors (Lipinski definition) is 1. The average molecular weight is 285 g/mol. The zero-order valence-electron chi connectivity index (χ0n) is 12.8. The molecule has 1 aromatic rings. The lowest BCUT2D eigenvalue weighted by Crippen LogP contribution is -2.02. The topological polar surface area (TPSA) is 26.0 Å². The maximum Gasteiger partial charge on any atom is 0.0157 e. The summed E-state index contributed by atoms with van der Waals surface area (Å²) in [6.45, 7) is 8.48. The smallest absolute Gasteiger partial charge is 0.0157 e. The molecule has 2 N–H and O–H groups in total. The summed E-state index contributed by atoms with van der Waals surface area (Å²) in [5, 5.41) is 2.29. The van der Waals surface area contributed by atoms with Gasteiger partial charge in [-0.15, -0.1) is 0 Å². The monoisotopic (exact) mass is 285 g/mol. The molecule has 0 amide bonds. The lowest BCUT2D eigenvalue weighted by molar-refractivity contribution is 1.02. The van der Waals surface area contributed by atoms with Gasteiger partial charge in [-0.2, -0.15) is 0 Å². The van der Waals surface area contributed by atoms with Crippen molar-refractivity contribution in [2.75, 3.05) is 0 Å². The number of rotatable bonds is 3. The number of nitrogens with two attached hydrogens (primary N) is 1. The van der Waals surface area contributed by atoms with E-state index < -0.39 is 0 Å². The highest BCUT2D eigenvalue weighted by Gasteiger charge is 2.17. The van der Waals surface area contributed by atoms with Crippen LogP contribution in [0.25, 0.3) is 5.57 Å². The Morgan fingerprint density at radius 1 is 1.30 bits per heavy atom. The molecule has 0 bridgehead atoms. The average Bonchev–Trinajstić information content (AvgIpc) is 2.45. The van der Waals surface area contributed by atoms with Crippen LogP contribution in [0.15, 0.2) is 51.4 Å². The summed E-state index contributed by atoms with van der Waals surface area (Å²) >= 11 is 1.82. The summed E-state index contributed by atoms with van der Waals surface area (Å²) in [4.78, 5) is 1.36. The summed E-state index contributed by atoms with van der Waals surface area (Å²) in [5.41, 5.74) is 13.7. The van der Waals surface area contributed by atoms with E-state index >= 15 is 0 Å². The highest BCUT2D eigenvalue weighted by atomic mass is 32.2. The third kappa shape index (κ3) is 3.18. The van der Waals surface area contributed by atoms with Crippen LogP contribution in [0.4, 0.5) is 0 Å². The molecule has 1 aromatic carbocycles. The molecular formula is C18H23NS. The molecule has 0 atom stereocenters. The lowest BCUT2D eigenvalue weighted by atomic mass is 9.95. The van der Waals surface area contributed by atoms with E-state index in [1.165, 1.54) is 32.8 Å². The molecule has 0 aromatic heterocycles. The van der Waals surface area contributed by atoms with Crippen LogP contribution in [0.1, 0.15) is 44.7 Å². The van der Waals surface area contributed by atoms with Crippen molar-refractivity contribution in [3.63, 3.8) is 0 Å². The van der Waals surface area contributed by atoms with Crippen LogP contribution in [-0.4, -0.2) is 0 Å². The lowest BCUT2D eigenvalue weighted by Gasteiger charge is -2.21. The third-order valence-corrected chi connectivity index (χ3v) is 5.02. The fourth-order valence-electron chi connectivity index (χ4n) is 2.40. The Bertz CT molecular complexity index is 602. The summed E-state index contributed by atoms with van der Waals surface area (Å²) in [6.07, 6.45) is 2.11. The molecule has 1 aliphatic heterocycles. The van der Waals surface area contributed by atoms with Crippen LogP contribution in [-0.2, 0) is 0 Å². The molecule has 0 aliphatic carbocycles. The van der Waals surface area contributed by atoms with E-state index in [0.717, 1.165) is 18.5 Å². The number of benzene rings is 1. The molecule has 2 heteroatoms. The van der Waals surface area contributed by atoms with Crippen LogP contribution < -0.4 is 5.73 Å². The molecule has 0 fully saturated rings. The Labute approximate surface area is 126 Å². The second kappa shape index (κ2) is 6.36. The highest BCUT2D eigenvalue weighted by molar-refractivity contribution is 8.06. The van der Waals surface area contributed by atoms with Gasteiger partial charge in [0.15, 0.2) is 0 Å². The third-order valence-electron chi connectivity index (χ3n) is 3.79. The molecule has 1 aliphatic rings. The van der Waals surface area contributed by atoms with Crippen molar-refractivity contribution in [3.05, 3.63) is 62.5 Å². The van der Waals surface area contributed by atoms with Gasteiger partial charge in [0.2, 0.25) is 0 Å².